The van der Waals surface area contributed by atoms with E-state index in [4.69, 9.17) is 40.3 Å². The van der Waals surface area contributed by atoms with Gasteiger partial charge in [-0.25, -0.2) is 14.6 Å². The summed E-state index contributed by atoms with van der Waals surface area (Å²) >= 11 is 7.85. The Balaban J connectivity index is 1.34. The molecule has 258 valence electrons. The van der Waals surface area contributed by atoms with Gasteiger partial charge in [0.05, 0.1) is 46.1 Å². The van der Waals surface area contributed by atoms with Crippen molar-refractivity contribution in [3.8, 4) is 23.0 Å². The lowest BCUT2D eigenvalue weighted by Gasteiger charge is -2.26. The zero-order valence-corrected chi connectivity index (χ0v) is 28.8. The molecule has 0 bridgehead atoms. The highest BCUT2D eigenvalue weighted by Crippen LogP contribution is 2.40. The molecule has 1 atom stereocenters. The highest BCUT2D eigenvalue weighted by atomic mass is 35.5. The van der Waals surface area contributed by atoms with Crippen molar-refractivity contribution in [1.29, 1.82) is 0 Å². The van der Waals surface area contributed by atoms with E-state index < -0.39 is 18.0 Å². The number of carboxylic acid groups (broad SMARTS) is 1. The normalized spacial score (nSPS) is 14.9. The number of halogens is 1. The van der Waals surface area contributed by atoms with Crippen molar-refractivity contribution in [3.63, 3.8) is 0 Å². The van der Waals surface area contributed by atoms with Crippen LogP contribution in [0.2, 0.25) is 5.02 Å². The Bertz CT molecular complexity index is 2400. The van der Waals surface area contributed by atoms with Gasteiger partial charge in [-0.15, -0.1) is 0 Å². The van der Waals surface area contributed by atoms with E-state index in [1.807, 2.05) is 30.3 Å². The monoisotopic (exact) mass is 724 g/mol. The molecule has 0 spiro atoms. The number of carbonyl (C=O) groups is 2. The standard InChI is InChI=1S/C38H29ClN2O9S/c1-3-47-37(45)31-32(23-9-5-4-6-10-23)40-38-41(33(31)24-12-13-27-28(18-24)50-20-49-27)35(42)30(51-38)17-22-15-26(39)34(29(16-22)46-2)48-19-21-8-7-11-25(14-21)36(43)44/h4-18,33H,3,19-20H2,1-2H3,(H,43,44)/b30-17+/t33-/m1/s1. The fraction of sp³-hybridized carbons (Fsp3) is 0.158. The quantitative estimate of drug-likeness (QED) is 0.183. The van der Waals surface area contributed by atoms with Gasteiger partial charge in [-0.1, -0.05) is 71.5 Å². The van der Waals surface area contributed by atoms with Gasteiger partial charge >= 0.3 is 11.9 Å². The van der Waals surface area contributed by atoms with Gasteiger partial charge in [-0.2, -0.15) is 0 Å². The number of carboxylic acids is 1. The first-order chi connectivity index (χ1) is 24.7. The minimum Gasteiger partial charge on any atom is -0.493 e. The van der Waals surface area contributed by atoms with E-state index in [2.05, 4.69) is 0 Å². The van der Waals surface area contributed by atoms with Gasteiger partial charge in [0.1, 0.15) is 6.61 Å². The Kier molecular flexibility index (Phi) is 9.35. The molecule has 11 nitrogen and oxygen atoms in total. The van der Waals surface area contributed by atoms with Crippen LogP contribution in [-0.4, -0.2) is 42.1 Å². The average Bonchev–Trinajstić information content (AvgIpc) is 3.74. The lowest BCUT2D eigenvalue weighted by Crippen LogP contribution is -2.40. The maximum absolute atomic E-state index is 14.4. The van der Waals surface area contributed by atoms with Gasteiger partial charge in [0, 0.05) is 5.56 Å². The first kappa shape index (κ1) is 33.6. The van der Waals surface area contributed by atoms with Crippen LogP contribution in [0.4, 0.5) is 0 Å². The molecule has 0 unspecified atom stereocenters. The topological polar surface area (TPSA) is 135 Å². The third kappa shape index (κ3) is 6.58. The van der Waals surface area contributed by atoms with Crippen LogP contribution in [0.5, 0.6) is 23.0 Å². The first-order valence-electron chi connectivity index (χ1n) is 15.8. The minimum absolute atomic E-state index is 0.0432. The number of aromatic nitrogens is 1. The Morgan fingerprint density at radius 1 is 1.04 bits per heavy atom. The molecule has 2 aliphatic heterocycles. The molecule has 5 aromatic rings. The molecule has 0 aliphatic carbocycles. The SMILES string of the molecule is CCOC(=O)C1=C(c2ccccc2)N=c2s/c(=C/c3cc(Cl)c(OCc4cccc(C(=O)O)c4)c(OC)c3)c(=O)n2[C@@H]1c1ccc2c(c1)OCO2. The van der Waals surface area contributed by atoms with Crippen molar-refractivity contribution in [2.75, 3.05) is 20.5 Å². The van der Waals surface area contributed by atoms with Crippen LogP contribution in [0.25, 0.3) is 11.8 Å². The summed E-state index contributed by atoms with van der Waals surface area (Å²) < 4.78 is 30.1. The number of hydrogen-bond donors (Lipinski definition) is 1. The zero-order valence-electron chi connectivity index (χ0n) is 27.3. The molecule has 13 heteroatoms. The van der Waals surface area contributed by atoms with E-state index in [9.17, 15) is 19.5 Å². The number of fused-ring (bicyclic) bond motifs is 2. The fourth-order valence-electron chi connectivity index (χ4n) is 5.90. The zero-order chi connectivity index (χ0) is 35.6. The number of carbonyl (C=O) groups excluding carboxylic acids is 1. The van der Waals surface area contributed by atoms with Crippen molar-refractivity contribution < 1.29 is 38.4 Å². The van der Waals surface area contributed by atoms with Crippen LogP contribution in [-0.2, 0) is 16.1 Å². The van der Waals surface area contributed by atoms with Gasteiger partial charge < -0.3 is 28.8 Å². The Morgan fingerprint density at radius 2 is 1.84 bits per heavy atom. The fourth-order valence-corrected chi connectivity index (χ4v) is 7.18. The average molecular weight is 725 g/mol. The molecule has 51 heavy (non-hydrogen) atoms. The predicted molar refractivity (Wildman–Crippen MR) is 189 cm³/mol. The van der Waals surface area contributed by atoms with Crippen LogP contribution in [0.15, 0.2) is 100 Å². The van der Waals surface area contributed by atoms with Crippen molar-refractivity contribution >= 4 is 46.6 Å². The van der Waals surface area contributed by atoms with Gasteiger partial charge in [0.2, 0.25) is 6.79 Å². The highest BCUT2D eigenvalue weighted by molar-refractivity contribution is 7.07. The van der Waals surface area contributed by atoms with Crippen molar-refractivity contribution in [1.82, 2.24) is 4.57 Å². The number of thiazole rings is 1. The smallest absolute Gasteiger partial charge is 0.338 e. The third-order valence-electron chi connectivity index (χ3n) is 8.19. The third-order valence-corrected chi connectivity index (χ3v) is 9.46. The molecular weight excluding hydrogens is 696 g/mol. The van der Waals surface area contributed by atoms with E-state index in [-0.39, 0.29) is 47.5 Å². The molecule has 0 saturated heterocycles. The highest BCUT2D eigenvalue weighted by Gasteiger charge is 2.36. The van der Waals surface area contributed by atoms with Crippen molar-refractivity contribution in [3.05, 3.63) is 143 Å². The van der Waals surface area contributed by atoms with E-state index >= 15 is 0 Å². The lowest BCUT2D eigenvalue weighted by atomic mass is 9.93. The molecule has 0 radical (unpaired) electrons. The van der Waals surface area contributed by atoms with Gasteiger partial charge in [-0.05, 0) is 66.1 Å². The number of rotatable bonds is 10. The minimum atomic E-state index is -1.04. The summed E-state index contributed by atoms with van der Waals surface area (Å²) in [5.74, 6) is -0.0209. The summed E-state index contributed by atoms with van der Waals surface area (Å²) in [7, 11) is 1.47. The largest absolute Gasteiger partial charge is 0.493 e. The Morgan fingerprint density at radius 3 is 2.61 bits per heavy atom. The predicted octanol–water partition coefficient (Wildman–Crippen LogP) is 5.60. The number of ether oxygens (including phenoxy) is 5. The summed E-state index contributed by atoms with van der Waals surface area (Å²) in [5.41, 5.74) is 2.83. The molecule has 1 aromatic heterocycles. The summed E-state index contributed by atoms with van der Waals surface area (Å²) in [5, 5.41) is 9.55. The van der Waals surface area contributed by atoms with Crippen molar-refractivity contribution in [2.45, 2.75) is 19.6 Å². The number of nitrogens with zero attached hydrogens (tertiary/aromatic N) is 2. The van der Waals surface area contributed by atoms with Crippen LogP contribution in [0.1, 0.15) is 45.6 Å². The number of benzene rings is 4. The first-order valence-corrected chi connectivity index (χ1v) is 17.0. The van der Waals surface area contributed by atoms with E-state index in [1.165, 1.54) is 23.8 Å². The van der Waals surface area contributed by atoms with Crippen LogP contribution >= 0.6 is 22.9 Å². The van der Waals surface area contributed by atoms with Gasteiger partial charge in [0.25, 0.3) is 5.56 Å². The number of methoxy groups -OCH3 is 1. The summed E-state index contributed by atoms with van der Waals surface area (Å²) in [6.07, 6.45) is 1.67. The maximum atomic E-state index is 14.4. The van der Waals surface area contributed by atoms with Crippen LogP contribution in [0, 0.1) is 0 Å². The van der Waals surface area contributed by atoms with Crippen LogP contribution in [0.3, 0.4) is 0 Å². The maximum Gasteiger partial charge on any atom is 0.338 e. The summed E-state index contributed by atoms with van der Waals surface area (Å²) in [4.78, 5) is 44.8. The second kappa shape index (κ2) is 14.2. The molecule has 3 heterocycles. The van der Waals surface area contributed by atoms with Crippen molar-refractivity contribution in [2.24, 2.45) is 4.99 Å². The van der Waals surface area contributed by atoms with E-state index in [0.29, 0.717) is 54.5 Å². The van der Waals surface area contributed by atoms with Crippen LogP contribution < -0.4 is 33.8 Å². The molecule has 0 fully saturated rings. The molecule has 1 N–H and O–H groups in total. The number of aromatic carboxylic acids is 1. The van der Waals surface area contributed by atoms with E-state index in [0.717, 1.165) is 11.3 Å². The molecule has 4 aromatic carbocycles. The van der Waals surface area contributed by atoms with E-state index in [1.54, 1.807) is 55.5 Å². The Labute approximate surface area is 299 Å². The second-order valence-corrected chi connectivity index (χ2v) is 12.8. The van der Waals surface area contributed by atoms with Gasteiger partial charge in [-0.3, -0.25) is 9.36 Å². The summed E-state index contributed by atoms with van der Waals surface area (Å²) in [6.45, 7) is 1.95. The van der Waals surface area contributed by atoms with Gasteiger partial charge in [0.15, 0.2) is 27.8 Å². The second-order valence-electron chi connectivity index (χ2n) is 11.4. The molecule has 0 saturated carbocycles. The molecular formula is C38H29ClN2O9S. The number of hydrogen-bond acceptors (Lipinski definition) is 10. The molecule has 0 amide bonds. The summed E-state index contributed by atoms with van der Waals surface area (Å²) in [6, 6.07) is 23.4. The number of esters is 1. The molecule has 7 rings (SSSR count). The lowest BCUT2D eigenvalue weighted by molar-refractivity contribution is -0.138. The molecule has 2 aliphatic rings. The Hall–Kier alpha value is -5.85.